The quantitative estimate of drug-likeness (QED) is 0.757. The first-order valence-electron chi connectivity index (χ1n) is 6.09. The Kier molecular flexibility index (Phi) is 3.81. The Morgan fingerprint density at radius 1 is 1.00 bits per heavy atom. The number of carbonyl (C=O) groups is 2. The van der Waals surface area contributed by atoms with Gasteiger partial charge in [-0.2, -0.15) is 0 Å². The van der Waals surface area contributed by atoms with Gasteiger partial charge in [0.2, 0.25) is 0 Å². The first kappa shape index (κ1) is 15.4. The van der Waals surface area contributed by atoms with Crippen molar-refractivity contribution in [1.82, 2.24) is 0 Å². The van der Waals surface area contributed by atoms with Crippen LogP contribution in [0.1, 0.15) is 26.3 Å². The fourth-order valence-corrected chi connectivity index (χ4v) is 2.19. The highest BCUT2D eigenvalue weighted by Gasteiger charge is 2.26. The third-order valence-corrected chi connectivity index (χ3v) is 3.11. The molecule has 5 nitrogen and oxygen atoms in total. The van der Waals surface area contributed by atoms with E-state index >= 15 is 0 Å². The van der Waals surface area contributed by atoms with Crippen molar-refractivity contribution in [3.05, 3.63) is 52.6 Å². The minimum Gasteiger partial charge on any atom is -0.478 e. The van der Waals surface area contributed by atoms with Crippen molar-refractivity contribution >= 4 is 17.6 Å². The summed E-state index contributed by atoms with van der Waals surface area (Å²) < 4.78 is 28.2. The molecule has 0 saturated heterocycles. The summed E-state index contributed by atoms with van der Waals surface area (Å²) in [6.45, 7) is 1.48. The molecule has 0 aliphatic rings. The fourth-order valence-electron chi connectivity index (χ4n) is 2.19. The van der Waals surface area contributed by atoms with Gasteiger partial charge in [-0.15, -0.1) is 0 Å². The number of carboxylic acids is 2. The minimum absolute atomic E-state index is 0.336. The van der Waals surface area contributed by atoms with Crippen LogP contribution in [-0.4, -0.2) is 22.2 Å². The highest BCUT2D eigenvalue weighted by Crippen LogP contribution is 2.35. The second-order valence-corrected chi connectivity index (χ2v) is 4.67. The molecule has 2 rings (SSSR count). The normalized spacial score (nSPS) is 10.5. The van der Waals surface area contributed by atoms with Crippen LogP contribution in [0.25, 0.3) is 11.1 Å². The number of carboxylic acid groups (broad SMARTS) is 2. The lowest BCUT2D eigenvalue weighted by molar-refractivity contribution is 0.0696. The average molecular weight is 307 g/mol. The topological polar surface area (TPSA) is 101 Å². The zero-order valence-corrected chi connectivity index (χ0v) is 11.4. The molecule has 0 aliphatic heterocycles. The Balaban J connectivity index is 3.00. The van der Waals surface area contributed by atoms with Crippen molar-refractivity contribution in [3.63, 3.8) is 0 Å². The smallest absolute Gasteiger partial charge is 0.336 e. The molecule has 2 aromatic carbocycles. The largest absolute Gasteiger partial charge is 0.478 e. The van der Waals surface area contributed by atoms with Crippen LogP contribution in [0.15, 0.2) is 24.3 Å². The highest BCUT2D eigenvalue weighted by atomic mass is 19.1. The van der Waals surface area contributed by atoms with E-state index in [2.05, 4.69) is 0 Å². The van der Waals surface area contributed by atoms with Gasteiger partial charge in [0, 0.05) is 5.56 Å². The van der Waals surface area contributed by atoms with E-state index < -0.39 is 51.5 Å². The van der Waals surface area contributed by atoms with Gasteiger partial charge in [-0.1, -0.05) is 0 Å². The van der Waals surface area contributed by atoms with Gasteiger partial charge in [0.15, 0.2) is 5.82 Å². The highest BCUT2D eigenvalue weighted by molar-refractivity contribution is 6.05. The summed E-state index contributed by atoms with van der Waals surface area (Å²) >= 11 is 0. The molecule has 0 spiro atoms. The number of hydrogen-bond donors (Lipinski definition) is 3. The van der Waals surface area contributed by atoms with Gasteiger partial charge in [-0.25, -0.2) is 18.4 Å². The summed E-state index contributed by atoms with van der Waals surface area (Å²) in [5, 5.41) is 18.5. The Labute approximate surface area is 123 Å². The number of nitrogen functional groups attached to an aromatic ring is 1. The van der Waals surface area contributed by atoms with E-state index in [0.29, 0.717) is 5.56 Å². The maximum absolute atomic E-state index is 14.2. The molecule has 22 heavy (non-hydrogen) atoms. The van der Waals surface area contributed by atoms with Crippen LogP contribution in [0.3, 0.4) is 0 Å². The van der Waals surface area contributed by atoms with E-state index in [1.54, 1.807) is 0 Å². The van der Waals surface area contributed by atoms with Gasteiger partial charge in [-0.3, -0.25) is 0 Å². The van der Waals surface area contributed by atoms with Crippen molar-refractivity contribution in [2.45, 2.75) is 6.92 Å². The lowest BCUT2D eigenvalue weighted by Gasteiger charge is -2.14. The Morgan fingerprint density at radius 3 is 1.95 bits per heavy atom. The van der Waals surface area contributed by atoms with E-state index in [1.807, 2.05) is 0 Å². The van der Waals surface area contributed by atoms with Gasteiger partial charge in [0.1, 0.15) is 5.82 Å². The van der Waals surface area contributed by atoms with Gasteiger partial charge in [0.25, 0.3) is 0 Å². The molecular formula is C15H11F2NO4. The number of aryl methyl sites for hydroxylation is 1. The zero-order valence-electron chi connectivity index (χ0n) is 11.4. The molecule has 4 N–H and O–H groups in total. The van der Waals surface area contributed by atoms with Crippen LogP contribution >= 0.6 is 0 Å². The number of halogens is 2. The molecular weight excluding hydrogens is 296 g/mol. The molecule has 0 amide bonds. The Morgan fingerprint density at radius 2 is 1.50 bits per heavy atom. The van der Waals surface area contributed by atoms with Gasteiger partial charge >= 0.3 is 11.9 Å². The van der Waals surface area contributed by atoms with Crippen LogP contribution in [0.5, 0.6) is 0 Å². The fraction of sp³-hybridized carbons (Fsp3) is 0.0667. The van der Waals surface area contributed by atoms with Gasteiger partial charge < -0.3 is 15.9 Å². The Bertz CT molecular complexity index is 767. The first-order valence-corrected chi connectivity index (χ1v) is 6.09. The van der Waals surface area contributed by atoms with E-state index in [4.69, 9.17) is 5.73 Å². The van der Waals surface area contributed by atoms with Crippen molar-refractivity contribution in [2.24, 2.45) is 0 Å². The first-order chi connectivity index (χ1) is 10.2. The molecule has 0 atom stereocenters. The van der Waals surface area contributed by atoms with Crippen LogP contribution in [0.4, 0.5) is 14.5 Å². The van der Waals surface area contributed by atoms with Crippen LogP contribution in [0, 0.1) is 18.6 Å². The summed E-state index contributed by atoms with van der Waals surface area (Å²) in [6, 6.07) is 4.12. The van der Waals surface area contributed by atoms with E-state index in [-0.39, 0.29) is 0 Å². The molecule has 7 heteroatoms. The van der Waals surface area contributed by atoms with Crippen molar-refractivity contribution < 1.29 is 28.6 Å². The predicted octanol–water partition coefficient (Wildman–Crippen LogP) is 2.92. The molecule has 0 bridgehead atoms. The molecule has 0 fully saturated rings. The van der Waals surface area contributed by atoms with E-state index in [9.17, 15) is 28.6 Å². The minimum atomic E-state index is -1.50. The second kappa shape index (κ2) is 5.44. The van der Waals surface area contributed by atoms with Gasteiger partial charge in [-0.05, 0) is 36.8 Å². The molecule has 0 heterocycles. The predicted molar refractivity (Wildman–Crippen MR) is 74.9 cm³/mol. The summed E-state index contributed by atoms with van der Waals surface area (Å²) in [5.74, 6) is -5.29. The third-order valence-electron chi connectivity index (χ3n) is 3.11. The van der Waals surface area contributed by atoms with Crippen molar-refractivity contribution in [3.8, 4) is 11.1 Å². The molecule has 0 aromatic heterocycles. The average Bonchev–Trinajstić information content (AvgIpc) is 2.43. The lowest BCUT2D eigenvalue weighted by atomic mass is 9.91. The van der Waals surface area contributed by atoms with Gasteiger partial charge in [0.05, 0.1) is 22.4 Å². The maximum Gasteiger partial charge on any atom is 0.336 e. The van der Waals surface area contributed by atoms with Crippen molar-refractivity contribution in [2.75, 3.05) is 5.73 Å². The SMILES string of the molecule is Cc1cc(C(=O)O)c(-c2c(F)ccc(N)c2F)c(C(=O)O)c1. The molecule has 0 aliphatic carbocycles. The number of aromatic carboxylic acids is 2. The van der Waals surface area contributed by atoms with E-state index in [1.165, 1.54) is 6.92 Å². The molecule has 0 radical (unpaired) electrons. The van der Waals surface area contributed by atoms with Crippen LogP contribution < -0.4 is 5.73 Å². The second-order valence-electron chi connectivity index (χ2n) is 4.67. The zero-order chi connectivity index (χ0) is 16.6. The number of benzene rings is 2. The summed E-state index contributed by atoms with van der Waals surface area (Å²) in [5.41, 5.74) is 2.95. The molecule has 0 saturated carbocycles. The molecule has 114 valence electrons. The van der Waals surface area contributed by atoms with E-state index in [0.717, 1.165) is 24.3 Å². The van der Waals surface area contributed by atoms with Crippen LogP contribution in [0.2, 0.25) is 0 Å². The lowest BCUT2D eigenvalue weighted by Crippen LogP contribution is -2.10. The number of nitrogens with two attached hydrogens (primary N) is 1. The van der Waals surface area contributed by atoms with Crippen LogP contribution in [-0.2, 0) is 0 Å². The third kappa shape index (κ3) is 2.48. The number of anilines is 1. The number of rotatable bonds is 3. The summed E-state index contributed by atoms with van der Waals surface area (Å²) in [7, 11) is 0. The van der Waals surface area contributed by atoms with Crippen molar-refractivity contribution in [1.29, 1.82) is 0 Å². The maximum atomic E-state index is 14.2. The Hall–Kier alpha value is -2.96. The standard InChI is InChI=1S/C15H11F2NO4/c1-6-4-7(14(19)20)11(8(5-6)15(21)22)12-9(16)2-3-10(18)13(12)17/h2-5H,18H2,1H3,(H,19,20)(H,21,22). The molecule has 0 unspecified atom stereocenters. The summed E-state index contributed by atoms with van der Waals surface area (Å²) in [4.78, 5) is 22.7. The summed E-state index contributed by atoms with van der Waals surface area (Å²) in [6.07, 6.45) is 0. The molecule has 2 aromatic rings. The monoisotopic (exact) mass is 307 g/mol. The number of hydrogen-bond acceptors (Lipinski definition) is 3.